The summed E-state index contributed by atoms with van der Waals surface area (Å²) in [5, 5.41) is 24.3. The van der Waals surface area contributed by atoms with Gasteiger partial charge in [0.25, 0.3) is 0 Å². The van der Waals surface area contributed by atoms with Crippen LogP contribution in [0.25, 0.3) is 0 Å². The first-order valence-electron chi connectivity index (χ1n) is 14.7. The zero-order valence-corrected chi connectivity index (χ0v) is 24.6. The Morgan fingerprint density at radius 1 is 0.913 bits per heavy atom. The molecule has 0 unspecified atom stereocenters. The average Bonchev–Trinajstić information content (AvgIpc) is 3.50. The molecule has 3 N–H and O–H groups in total. The van der Waals surface area contributed by atoms with Gasteiger partial charge in [-0.15, -0.1) is 13.2 Å². The van der Waals surface area contributed by atoms with Crippen LogP contribution in [0.2, 0.25) is 0 Å². The van der Waals surface area contributed by atoms with Crippen molar-refractivity contribution in [3.05, 3.63) is 131 Å². The first-order valence-corrected chi connectivity index (χ1v) is 14.7. The number of nitrogens with one attached hydrogen (secondary N) is 1. The van der Waals surface area contributed by atoms with E-state index in [1.54, 1.807) is 54.6 Å². The van der Waals surface area contributed by atoms with Gasteiger partial charge in [-0.3, -0.25) is 14.7 Å². The lowest BCUT2D eigenvalue weighted by atomic mass is 9.98. The van der Waals surface area contributed by atoms with E-state index in [1.807, 2.05) is 30.3 Å². The van der Waals surface area contributed by atoms with Crippen molar-refractivity contribution in [2.45, 2.75) is 43.9 Å². The molecule has 0 radical (unpaired) electrons. The molecule has 1 saturated heterocycles. The third kappa shape index (κ3) is 8.17. The summed E-state index contributed by atoms with van der Waals surface area (Å²) in [6.45, 7) is 1.39. The van der Waals surface area contributed by atoms with E-state index in [2.05, 4.69) is 19.9 Å². The van der Waals surface area contributed by atoms with Crippen molar-refractivity contribution < 1.29 is 37.7 Å². The highest BCUT2D eigenvalue weighted by molar-refractivity contribution is 6.17. The van der Waals surface area contributed by atoms with Crippen LogP contribution < -0.4 is 10.1 Å². The van der Waals surface area contributed by atoms with Crippen LogP contribution in [0.1, 0.15) is 41.2 Å². The van der Waals surface area contributed by atoms with Crippen molar-refractivity contribution in [1.29, 1.82) is 0 Å². The maximum atomic E-state index is 13.7. The number of carbonyl (C=O) groups excluding carboxylic acids is 1. The zero-order valence-electron chi connectivity index (χ0n) is 24.6. The Hall–Kier alpha value is -5.00. The largest absolute Gasteiger partial charge is 0.573 e. The van der Waals surface area contributed by atoms with Crippen molar-refractivity contribution in [3.8, 4) is 5.75 Å². The molecule has 0 spiro atoms. The molecule has 11 heteroatoms. The fourth-order valence-electron chi connectivity index (χ4n) is 5.49. The van der Waals surface area contributed by atoms with Crippen LogP contribution in [-0.4, -0.2) is 57.7 Å². The second-order valence-corrected chi connectivity index (χ2v) is 10.8. The summed E-state index contributed by atoms with van der Waals surface area (Å²) in [4.78, 5) is 32.8. The molecule has 1 heterocycles. The predicted molar refractivity (Wildman–Crippen MR) is 167 cm³/mol. The lowest BCUT2D eigenvalue weighted by Gasteiger charge is -2.24. The maximum Gasteiger partial charge on any atom is 0.573 e. The number of anilines is 1. The van der Waals surface area contributed by atoms with Gasteiger partial charge in [0.05, 0.1) is 17.4 Å². The summed E-state index contributed by atoms with van der Waals surface area (Å²) in [6, 6.07) is 27.7. The van der Waals surface area contributed by atoms with Gasteiger partial charge in [-0.2, -0.15) is 0 Å². The molecular weight excluding hydrogens is 599 g/mol. The van der Waals surface area contributed by atoms with Gasteiger partial charge >= 0.3 is 12.3 Å². The summed E-state index contributed by atoms with van der Waals surface area (Å²) in [5.41, 5.74) is 2.70. The van der Waals surface area contributed by atoms with Crippen LogP contribution >= 0.6 is 0 Å². The van der Waals surface area contributed by atoms with Gasteiger partial charge in [-0.25, -0.2) is 4.79 Å². The van der Waals surface area contributed by atoms with E-state index >= 15 is 0 Å². The van der Waals surface area contributed by atoms with E-state index in [0.717, 1.165) is 42.8 Å². The molecule has 4 aromatic rings. The number of alkyl halides is 3. The number of benzene rings is 4. The Morgan fingerprint density at radius 3 is 2.20 bits per heavy atom. The highest BCUT2D eigenvalue weighted by atomic mass is 19.4. The van der Waals surface area contributed by atoms with Gasteiger partial charge in [0.1, 0.15) is 11.9 Å². The lowest BCUT2D eigenvalue weighted by Crippen LogP contribution is -2.39. The fourth-order valence-corrected chi connectivity index (χ4v) is 5.49. The van der Waals surface area contributed by atoms with E-state index in [4.69, 9.17) is 0 Å². The van der Waals surface area contributed by atoms with E-state index in [9.17, 15) is 33.0 Å². The third-order valence-electron chi connectivity index (χ3n) is 7.66. The Morgan fingerprint density at radius 2 is 1.54 bits per heavy atom. The van der Waals surface area contributed by atoms with Crippen molar-refractivity contribution in [2.24, 2.45) is 4.99 Å². The SMILES string of the molecule is O=C(O)[C@H](N=C(c1ccccc1)c1ccccc1NC(=O)[C@@H]1CCCN1Cc1ccccc1)[C@@H](O)c1ccc(OC(F)(F)F)cc1. The highest BCUT2D eigenvalue weighted by Crippen LogP contribution is 2.29. The summed E-state index contributed by atoms with van der Waals surface area (Å²) < 4.78 is 41.7. The first kappa shape index (κ1) is 32.4. The fraction of sp³-hybridized carbons (Fsp3) is 0.229. The number of aliphatic hydroxyl groups is 1. The maximum absolute atomic E-state index is 13.7. The first-order chi connectivity index (χ1) is 22.1. The van der Waals surface area contributed by atoms with Crippen LogP contribution in [-0.2, 0) is 16.1 Å². The molecule has 0 bridgehead atoms. The van der Waals surface area contributed by atoms with Crippen LogP contribution in [0.15, 0.2) is 114 Å². The number of amides is 1. The number of aliphatic imine (C=N–C) groups is 1. The van der Waals surface area contributed by atoms with Crippen molar-refractivity contribution in [1.82, 2.24) is 4.90 Å². The zero-order chi connectivity index (χ0) is 32.7. The quantitative estimate of drug-likeness (QED) is 0.170. The normalized spacial score (nSPS) is 16.9. The van der Waals surface area contributed by atoms with Gasteiger partial charge in [-0.1, -0.05) is 91.0 Å². The van der Waals surface area contributed by atoms with Crippen LogP contribution in [0, 0.1) is 0 Å². The summed E-state index contributed by atoms with van der Waals surface area (Å²) >= 11 is 0. The number of halogens is 3. The second-order valence-electron chi connectivity index (χ2n) is 10.8. The number of aliphatic carboxylic acids is 1. The Kier molecular flexibility index (Phi) is 10.1. The Bertz CT molecular complexity index is 1660. The number of rotatable bonds is 11. The molecule has 1 aliphatic heterocycles. The van der Waals surface area contributed by atoms with Gasteiger partial charge < -0.3 is 20.3 Å². The minimum Gasteiger partial charge on any atom is -0.480 e. The molecule has 1 fully saturated rings. The molecule has 0 saturated carbocycles. The number of ether oxygens (including phenoxy) is 1. The summed E-state index contributed by atoms with van der Waals surface area (Å²) in [7, 11) is 0. The molecule has 5 rings (SSSR count). The van der Waals surface area contributed by atoms with Crippen LogP contribution in [0.5, 0.6) is 5.75 Å². The number of carboxylic acid groups (broad SMARTS) is 1. The Labute approximate surface area is 263 Å². The van der Waals surface area contributed by atoms with E-state index in [0.29, 0.717) is 29.8 Å². The summed E-state index contributed by atoms with van der Waals surface area (Å²) in [5.74, 6) is -2.18. The second kappa shape index (κ2) is 14.4. The number of hydrogen-bond acceptors (Lipinski definition) is 6. The number of carbonyl (C=O) groups is 2. The van der Waals surface area contributed by atoms with Crippen LogP contribution in [0.3, 0.4) is 0 Å². The van der Waals surface area contributed by atoms with Crippen molar-refractivity contribution >= 4 is 23.3 Å². The third-order valence-corrected chi connectivity index (χ3v) is 7.66. The molecule has 1 aliphatic rings. The van der Waals surface area contributed by atoms with Crippen molar-refractivity contribution in [2.75, 3.05) is 11.9 Å². The van der Waals surface area contributed by atoms with Gasteiger partial charge in [0.2, 0.25) is 5.91 Å². The average molecular weight is 632 g/mol. The smallest absolute Gasteiger partial charge is 0.480 e. The minimum atomic E-state index is -4.90. The lowest BCUT2D eigenvalue weighted by molar-refractivity contribution is -0.274. The molecule has 0 aliphatic carbocycles. The number of aliphatic hydroxyl groups excluding tert-OH is 1. The molecule has 3 atom stereocenters. The Balaban J connectivity index is 1.46. The summed E-state index contributed by atoms with van der Waals surface area (Å²) in [6.07, 6.45) is -5.08. The molecule has 1 amide bonds. The van der Waals surface area contributed by atoms with E-state index in [1.165, 1.54) is 0 Å². The molecule has 4 aromatic carbocycles. The number of likely N-dealkylation sites (tertiary alicyclic amines) is 1. The van der Waals surface area contributed by atoms with Gasteiger partial charge in [0, 0.05) is 17.7 Å². The molecule has 46 heavy (non-hydrogen) atoms. The predicted octanol–water partition coefficient (Wildman–Crippen LogP) is 6.21. The van der Waals surface area contributed by atoms with Crippen LogP contribution in [0.4, 0.5) is 18.9 Å². The van der Waals surface area contributed by atoms with Gasteiger partial charge in [0.15, 0.2) is 6.04 Å². The number of carboxylic acids is 1. The van der Waals surface area contributed by atoms with E-state index < -0.39 is 30.2 Å². The molecule has 0 aromatic heterocycles. The molecule has 8 nitrogen and oxygen atoms in total. The van der Waals surface area contributed by atoms with Gasteiger partial charge in [-0.05, 0) is 48.7 Å². The molecule has 238 valence electrons. The minimum absolute atomic E-state index is 0.0272. The number of para-hydroxylation sites is 1. The standard InChI is InChI=1S/C35H32F3N3O5/c36-35(37,38)46-26-19-17-25(18-20-26)32(42)31(34(44)45)40-30(24-12-5-2-6-13-24)27-14-7-8-15-28(27)39-33(43)29-16-9-21-41(29)22-23-10-3-1-4-11-23/h1-8,10-15,17-20,29,31-32,42H,9,16,21-22H2,(H,39,43)(H,44,45)/t29-,31+,32-/m0/s1. The molecular formula is C35H32F3N3O5. The number of nitrogens with zero attached hydrogens (tertiary/aromatic N) is 2. The monoisotopic (exact) mass is 631 g/mol. The van der Waals surface area contributed by atoms with E-state index in [-0.39, 0.29) is 23.2 Å². The highest BCUT2D eigenvalue weighted by Gasteiger charge is 2.33. The topological polar surface area (TPSA) is 111 Å². The van der Waals surface area contributed by atoms with Crippen molar-refractivity contribution in [3.63, 3.8) is 0 Å². The number of hydrogen-bond donors (Lipinski definition) is 3.